The number of fused-ring (bicyclic) bond motifs is 1. The van der Waals surface area contributed by atoms with E-state index in [1.54, 1.807) is 22.8 Å². The number of imidazole rings is 1. The smallest absolute Gasteiger partial charge is 0.206 e. The highest BCUT2D eigenvalue weighted by atomic mass is 19.1. The van der Waals surface area contributed by atoms with Crippen LogP contribution in [0.4, 0.5) is 10.3 Å². The van der Waals surface area contributed by atoms with Crippen molar-refractivity contribution in [3.8, 4) is 11.4 Å². The summed E-state index contributed by atoms with van der Waals surface area (Å²) in [6, 6.07) is 12.0. The van der Waals surface area contributed by atoms with E-state index in [0.717, 1.165) is 11.9 Å². The number of halogens is 1. The van der Waals surface area contributed by atoms with Crippen molar-refractivity contribution >= 4 is 17.0 Å². The van der Waals surface area contributed by atoms with Crippen LogP contribution in [0, 0.1) is 5.82 Å². The summed E-state index contributed by atoms with van der Waals surface area (Å²) in [7, 11) is 0. The van der Waals surface area contributed by atoms with Gasteiger partial charge in [-0.05, 0) is 30.7 Å². The molecule has 108 valence electrons. The Kier molecular flexibility index (Phi) is 3.48. The third-order valence-corrected chi connectivity index (χ3v) is 3.23. The van der Waals surface area contributed by atoms with Gasteiger partial charge in [-0.25, -0.2) is 9.37 Å². The lowest BCUT2D eigenvalue weighted by Crippen LogP contribution is -2.02. The van der Waals surface area contributed by atoms with Crippen molar-refractivity contribution < 1.29 is 9.13 Å². The molecule has 2 aromatic carbocycles. The molecule has 0 aliphatic carbocycles. The third-order valence-electron chi connectivity index (χ3n) is 3.23. The minimum absolute atomic E-state index is 0.239. The van der Waals surface area contributed by atoms with Crippen molar-refractivity contribution in [3.05, 3.63) is 48.3 Å². The van der Waals surface area contributed by atoms with E-state index in [1.807, 2.05) is 25.1 Å². The SMILES string of the molecule is CCCOc1cccc2c1nc(N)n2-c1ccccc1F. The van der Waals surface area contributed by atoms with Crippen LogP contribution in [0.2, 0.25) is 0 Å². The molecule has 3 aromatic rings. The van der Waals surface area contributed by atoms with Crippen molar-refractivity contribution in [2.45, 2.75) is 13.3 Å². The van der Waals surface area contributed by atoms with E-state index in [2.05, 4.69) is 4.98 Å². The van der Waals surface area contributed by atoms with Crippen molar-refractivity contribution in [3.63, 3.8) is 0 Å². The zero-order chi connectivity index (χ0) is 14.8. The fourth-order valence-electron chi connectivity index (χ4n) is 2.31. The Labute approximate surface area is 122 Å². The van der Waals surface area contributed by atoms with Gasteiger partial charge in [0.2, 0.25) is 5.95 Å². The summed E-state index contributed by atoms with van der Waals surface area (Å²) >= 11 is 0. The predicted octanol–water partition coefficient (Wildman–Crippen LogP) is 3.54. The maximum absolute atomic E-state index is 14.0. The molecular formula is C16H16FN3O. The first-order valence-corrected chi connectivity index (χ1v) is 6.87. The van der Waals surface area contributed by atoms with Crippen LogP contribution < -0.4 is 10.5 Å². The lowest BCUT2D eigenvalue weighted by Gasteiger charge is -2.08. The van der Waals surface area contributed by atoms with E-state index in [4.69, 9.17) is 10.5 Å². The number of para-hydroxylation sites is 2. The molecule has 0 atom stereocenters. The zero-order valence-electron chi connectivity index (χ0n) is 11.7. The van der Waals surface area contributed by atoms with Gasteiger partial charge in [0.05, 0.1) is 17.8 Å². The van der Waals surface area contributed by atoms with Crippen molar-refractivity contribution in [1.29, 1.82) is 0 Å². The van der Waals surface area contributed by atoms with Gasteiger partial charge in [-0.15, -0.1) is 0 Å². The van der Waals surface area contributed by atoms with E-state index < -0.39 is 0 Å². The minimum Gasteiger partial charge on any atom is -0.491 e. The molecule has 0 amide bonds. The second-order valence-corrected chi connectivity index (χ2v) is 4.73. The number of nitrogens with two attached hydrogens (primary N) is 1. The Hall–Kier alpha value is -2.56. The first kappa shape index (κ1) is 13.4. The Morgan fingerprint density at radius 3 is 2.76 bits per heavy atom. The molecule has 0 fully saturated rings. The van der Waals surface area contributed by atoms with Gasteiger partial charge < -0.3 is 10.5 Å². The third kappa shape index (κ3) is 2.31. The molecule has 1 heterocycles. The van der Waals surface area contributed by atoms with Crippen LogP contribution in [0.1, 0.15) is 13.3 Å². The van der Waals surface area contributed by atoms with Gasteiger partial charge in [-0.3, -0.25) is 4.57 Å². The Morgan fingerprint density at radius 1 is 1.19 bits per heavy atom. The van der Waals surface area contributed by atoms with Gasteiger partial charge in [0.1, 0.15) is 17.1 Å². The van der Waals surface area contributed by atoms with Crippen LogP contribution in [-0.4, -0.2) is 16.2 Å². The van der Waals surface area contributed by atoms with Gasteiger partial charge in [0, 0.05) is 0 Å². The number of hydrogen-bond acceptors (Lipinski definition) is 3. The van der Waals surface area contributed by atoms with Crippen LogP contribution in [0.3, 0.4) is 0 Å². The molecule has 21 heavy (non-hydrogen) atoms. The molecule has 4 nitrogen and oxygen atoms in total. The molecule has 2 N–H and O–H groups in total. The summed E-state index contributed by atoms with van der Waals surface area (Å²) in [6.07, 6.45) is 0.903. The molecule has 0 saturated heterocycles. The Bertz CT molecular complexity index is 782. The number of anilines is 1. The van der Waals surface area contributed by atoms with E-state index in [1.165, 1.54) is 6.07 Å². The van der Waals surface area contributed by atoms with Crippen LogP contribution in [0.15, 0.2) is 42.5 Å². The lowest BCUT2D eigenvalue weighted by atomic mass is 10.2. The number of ether oxygens (including phenoxy) is 1. The Morgan fingerprint density at radius 2 is 2.00 bits per heavy atom. The molecule has 0 aliphatic rings. The van der Waals surface area contributed by atoms with Crippen molar-refractivity contribution in [1.82, 2.24) is 9.55 Å². The molecule has 0 bridgehead atoms. The highest BCUT2D eigenvalue weighted by molar-refractivity contribution is 5.86. The number of hydrogen-bond donors (Lipinski definition) is 1. The number of benzene rings is 2. The number of nitrogens with zero attached hydrogens (tertiary/aromatic N) is 2. The average molecular weight is 285 g/mol. The fourth-order valence-corrected chi connectivity index (χ4v) is 2.31. The van der Waals surface area contributed by atoms with Crippen LogP contribution >= 0.6 is 0 Å². The summed E-state index contributed by atoms with van der Waals surface area (Å²) in [5.74, 6) is 0.558. The maximum Gasteiger partial charge on any atom is 0.206 e. The summed E-state index contributed by atoms with van der Waals surface area (Å²) < 4.78 is 21.3. The summed E-state index contributed by atoms with van der Waals surface area (Å²) in [6.45, 7) is 2.64. The van der Waals surface area contributed by atoms with E-state index in [9.17, 15) is 4.39 Å². The molecule has 0 radical (unpaired) electrons. The van der Waals surface area contributed by atoms with Gasteiger partial charge in [0.15, 0.2) is 0 Å². The second-order valence-electron chi connectivity index (χ2n) is 4.73. The average Bonchev–Trinajstić information content (AvgIpc) is 2.82. The molecule has 0 spiro atoms. The molecule has 0 aliphatic heterocycles. The molecule has 1 aromatic heterocycles. The lowest BCUT2D eigenvalue weighted by molar-refractivity contribution is 0.320. The van der Waals surface area contributed by atoms with Crippen LogP contribution in [0.25, 0.3) is 16.7 Å². The molecule has 0 unspecified atom stereocenters. The van der Waals surface area contributed by atoms with Gasteiger partial charge in [-0.1, -0.05) is 25.1 Å². The van der Waals surface area contributed by atoms with E-state index >= 15 is 0 Å². The highest BCUT2D eigenvalue weighted by Crippen LogP contribution is 2.30. The van der Waals surface area contributed by atoms with Crippen molar-refractivity contribution in [2.75, 3.05) is 12.3 Å². The standard InChI is InChI=1S/C16H16FN3O/c1-2-10-21-14-9-5-8-13-15(14)19-16(18)20(13)12-7-4-3-6-11(12)17/h3-9H,2,10H2,1H3,(H2,18,19). The fraction of sp³-hybridized carbons (Fsp3) is 0.188. The zero-order valence-corrected chi connectivity index (χ0v) is 11.7. The topological polar surface area (TPSA) is 53.1 Å². The van der Waals surface area contributed by atoms with Crippen LogP contribution in [-0.2, 0) is 0 Å². The molecule has 5 heteroatoms. The van der Waals surface area contributed by atoms with Crippen LogP contribution in [0.5, 0.6) is 5.75 Å². The summed E-state index contributed by atoms with van der Waals surface area (Å²) in [5, 5.41) is 0. The maximum atomic E-state index is 14.0. The van der Waals surface area contributed by atoms with Gasteiger partial charge in [-0.2, -0.15) is 0 Å². The van der Waals surface area contributed by atoms with E-state index in [-0.39, 0.29) is 11.8 Å². The second kappa shape index (κ2) is 5.44. The number of aromatic nitrogens is 2. The molecule has 0 saturated carbocycles. The van der Waals surface area contributed by atoms with E-state index in [0.29, 0.717) is 23.6 Å². The first-order chi connectivity index (χ1) is 10.2. The largest absolute Gasteiger partial charge is 0.491 e. The van der Waals surface area contributed by atoms with Gasteiger partial charge >= 0.3 is 0 Å². The van der Waals surface area contributed by atoms with Gasteiger partial charge in [0.25, 0.3) is 0 Å². The monoisotopic (exact) mass is 285 g/mol. The minimum atomic E-state index is -0.344. The quantitative estimate of drug-likeness (QED) is 0.797. The Balaban J connectivity index is 2.21. The van der Waals surface area contributed by atoms with Crippen molar-refractivity contribution in [2.24, 2.45) is 0 Å². The number of rotatable bonds is 4. The molecular weight excluding hydrogens is 269 g/mol. The highest BCUT2D eigenvalue weighted by Gasteiger charge is 2.15. The number of nitrogen functional groups attached to an aromatic ring is 1. The summed E-state index contributed by atoms with van der Waals surface area (Å²) in [4.78, 5) is 4.33. The summed E-state index contributed by atoms with van der Waals surface area (Å²) in [5.41, 5.74) is 7.73. The molecule has 3 rings (SSSR count). The normalized spacial score (nSPS) is 11.0. The first-order valence-electron chi connectivity index (χ1n) is 6.87. The predicted molar refractivity (Wildman–Crippen MR) is 81.2 cm³/mol.